The summed E-state index contributed by atoms with van der Waals surface area (Å²) in [6.45, 7) is 6.64. The fourth-order valence-electron chi connectivity index (χ4n) is 2.84. The molecule has 0 aliphatic carbocycles. The number of carbonyl (C=O) groups is 1. The normalized spacial score (nSPS) is 23.9. The molecule has 1 aliphatic heterocycles. The minimum absolute atomic E-state index is 0.165. The van der Waals surface area contributed by atoms with E-state index >= 15 is 0 Å². The van der Waals surface area contributed by atoms with Gasteiger partial charge in [0.2, 0.25) is 0 Å². The maximum absolute atomic E-state index is 11.7. The average Bonchev–Trinajstić information content (AvgIpc) is 2.44. The van der Waals surface area contributed by atoms with E-state index < -0.39 is 5.54 Å². The van der Waals surface area contributed by atoms with Gasteiger partial charge in [0.25, 0.3) is 0 Å². The summed E-state index contributed by atoms with van der Waals surface area (Å²) < 4.78 is 4.86. The lowest BCUT2D eigenvalue weighted by Crippen LogP contribution is -2.48. The van der Waals surface area contributed by atoms with Crippen LogP contribution in [0.2, 0.25) is 0 Å². The van der Waals surface area contributed by atoms with E-state index in [1.165, 1.54) is 32.9 Å². The molecule has 1 aliphatic rings. The topological polar surface area (TPSA) is 41.6 Å². The third-order valence-corrected chi connectivity index (χ3v) is 4.50. The Hall–Kier alpha value is -0.610. The van der Waals surface area contributed by atoms with Crippen LogP contribution >= 0.6 is 0 Å². The number of nitrogens with zero attached hydrogens (tertiary/aromatic N) is 1. The lowest BCUT2D eigenvalue weighted by atomic mass is 9.94. The Labute approximate surface area is 117 Å². The monoisotopic (exact) mass is 270 g/mol. The maximum Gasteiger partial charge on any atom is 0.325 e. The predicted molar refractivity (Wildman–Crippen MR) is 78.2 cm³/mol. The first-order chi connectivity index (χ1) is 9.03. The minimum atomic E-state index is -0.539. The second kappa shape index (κ2) is 7.85. The van der Waals surface area contributed by atoms with Crippen LogP contribution in [0.3, 0.4) is 0 Å². The molecule has 1 rings (SSSR count). The molecule has 19 heavy (non-hydrogen) atoms. The fourth-order valence-corrected chi connectivity index (χ4v) is 2.84. The molecule has 4 heteroatoms. The van der Waals surface area contributed by atoms with Gasteiger partial charge in [0.15, 0.2) is 0 Å². The largest absolute Gasteiger partial charge is 0.468 e. The molecule has 0 amide bonds. The quantitative estimate of drug-likeness (QED) is 0.569. The molecule has 1 N–H and O–H groups in total. The van der Waals surface area contributed by atoms with Gasteiger partial charge in [-0.05, 0) is 66.1 Å². The zero-order valence-electron chi connectivity index (χ0n) is 13.0. The molecule has 0 aromatic carbocycles. The summed E-state index contributed by atoms with van der Waals surface area (Å²) in [7, 11) is 3.27. The number of unbranched alkanes of at least 4 members (excludes halogenated alkanes) is 1. The highest BCUT2D eigenvalue weighted by molar-refractivity contribution is 5.80. The van der Waals surface area contributed by atoms with Crippen LogP contribution in [0.4, 0.5) is 0 Å². The van der Waals surface area contributed by atoms with Gasteiger partial charge >= 0.3 is 5.97 Å². The summed E-state index contributed by atoms with van der Waals surface area (Å²) in [4.78, 5) is 14.3. The van der Waals surface area contributed by atoms with Gasteiger partial charge in [-0.3, -0.25) is 4.79 Å². The molecule has 4 nitrogen and oxygen atoms in total. The van der Waals surface area contributed by atoms with Crippen molar-refractivity contribution in [3.63, 3.8) is 0 Å². The predicted octanol–water partition coefficient (Wildman–Crippen LogP) is 2.18. The van der Waals surface area contributed by atoms with Crippen LogP contribution < -0.4 is 5.32 Å². The SMILES string of the molecule is CNC(C)(CCCCN1CCCCC1C)C(=O)OC. The zero-order chi connectivity index (χ0) is 14.3. The van der Waals surface area contributed by atoms with Crippen LogP contribution in [-0.4, -0.2) is 49.7 Å². The molecule has 2 unspecified atom stereocenters. The van der Waals surface area contributed by atoms with Crippen LogP contribution in [0.5, 0.6) is 0 Å². The number of likely N-dealkylation sites (N-methyl/N-ethyl adjacent to an activating group) is 1. The molecule has 112 valence electrons. The molecule has 0 bridgehead atoms. The molecule has 1 fully saturated rings. The number of carbonyl (C=O) groups excluding carboxylic acids is 1. The van der Waals surface area contributed by atoms with Gasteiger partial charge < -0.3 is 15.0 Å². The summed E-state index contributed by atoms with van der Waals surface area (Å²) in [5, 5.41) is 3.09. The van der Waals surface area contributed by atoms with E-state index in [-0.39, 0.29) is 5.97 Å². The summed E-state index contributed by atoms with van der Waals surface area (Å²) in [5.74, 6) is -0.165. The summed E-state index contributed by atoms with van der Waals surface area (Å²) in [5.41, 5.74) is -0.539. The van der Waals surface area contributed by atoms with Crippen molar-refractivity contribution < 1.29 is 9.53 Å². The van der Waals surface area contributed by atoms with Gasteiger partial charge in [-0.2, -0.15) is 0 Å². The molecular formula is C15H30N2O2. The van der Waals surface area contributed by atoms with Crippen molar-refractivity contribution in [1.82, 2.24) is 10.2 Å². The van der Waals surface area contributed by atoms with E-state index in [1.807, 2.05) is 14.0 Å². The molecular weight excluding hydrogens is 240 g/mol. The van der Waals surface area contributed by atoms with Gasteiger partial charge in [0, 0.05) is 6.04 Å². The average molecular weight is 270 g/mol. The Kier molecular flexibility index (Phi) is 6.80. The number of piperidine rings is 1. The van der Waals surface area contributed by atoms with Crippen molar-refractivity contribution in [1.29, 1.82) is 0 Å². The molecule has 0 spiro atoms. The van der Waals surface area contributed by atoms with E-state index in [9.17, 15) is 4.79 Å². The van der Waals surface area contributed by atoms with Crippen molar-refractivity contribution >= 4 is 5.97 Å². The first kappa shape index (κ1) is 16.4. The van der Waals surface area contributed by atoms with Gasteiger partial charge in [0.1, 0.15) is 5.54 Å². The Balaban J connectivity index is 2.27. The fraction of sp³-hybridized carbons (Fsp3) is 0.933. The van der Waals surface area contributed by atoms with E-state index in [0.29, 0.717) is 0 Å². The van der Waals surface area contributed by atoms with Crippen LogP contribution in [0, 0.1) is 0 Å². The van der Waals surface area contributed by atoms with E-state index in [4.69, 9.17) is 4.74 Å². The highest BCUT2D eigenvalue weighted by atomic mass is 16.5. The lowest BCUT2D eigenvalue weighted by Gasteiger charge is -2.33. The number of hydrogen-bond donors (Lipinski definition) is 1. The van der Waals surface area contributed by atoms with E-state index in [0.717, 1.165) is 31.8 Å². The lowest BCUT2D eigenvalue weighted by molar-refractivity contribution is -0.148. The molecule has 0 aromatic heterocycles. The first-order valence-corrected chi connectivity index (χ1v) is 7.55. The van der Waals surface area contributed by atoms with Crippen molar-refractivity contribution in [2.75, 3.05) is 27.2 Å². The van der Waals surface area contributed by atoms with Gasteiger partial charge in [-0.1, -0.05) is 6.42 Å². The number of nitrogens with one attached hydrogen (secondary N) is 1. The number of rotatable bonds is 7. The van der Waals surface area contributed by atoms with E-state index in [1.54, 1.807) is 0 Å². The molecule has 1 saturated heterocycles. The summed E-state index contributed by atoms with van der Waals surface area (Å²) >= 11 is 0. The van der Waals surface area contributed by atoms with Crippen molar-refractivity contribution in [2.24, 2.45) is 0 Å². The standard InChI is InChI=1S/C15H30N2O2/c1-13-9-5-7-11-17(13)12-8-6-10-15(2,16-3)14(18)19-4/h13,16H,5-12H2,1-4H3. The van der Waals surface area contributed by atoms with Gasteiger partial charge in [0.05, 0.1) is 7.11 Å². The third-order valence-electron chi connectivity index (χ3n) is 4.50. The Morgan fingerprint density at radius 3 is 2.74 bits per heavy atom. The number of ether oxygens (including phenoxy) is 1. The summed E-state index contributed by atoms with van der Waals surface area (Å²) in [6, 6.07) is 0.727. The van der Waals surface area contributed by atoms with E-state index in [2.05, 4.69) is 17.1 Å². The zero-order valence-corrected chi connectivity index (χ0v) is 13.0. The molecule has 0 saturated carbocycles. The number of likely N-dealkylation sites (tertiary alicyclic amines) is 1. The maximum atomic E-state index is 11.7. The highest BCUT2D eigenvalue weighted by Crippen LogP contribution is 2.19. The third kappa shape index (κ3) is 4.77. The first-order valence-electron chi connectivity index (χ1n) is 7.55. The number of methoxy groups -OCH3 is 1. The molecule has 2 atom stereocenters. The van der Waals surface area contributed by atoms with Gasteiger partial charge in [-0.15, -0.1) is 0 Å². The Morgan fingerprint density at radius 1 is 1.42 bits per heavy atom. The number of esters is 1. The van der Waals surface area contributed by atoms with Crippen LogP contribution in [0.1, 0.15) is 52.4 Å². The minimum Gasteiger partial charge on any atom is -0.468 e. The second-order valence-electron chi connectivity index (χ2n) is 5.91. The van der Waals surface area contributed by atoms with Gasteiger partial charge in [-0.25, -0.2) is 0 Å². The Morgan fingerprint density at radius 2 is 2.16 bits per heavy atom. The van der Waals surface area contributed by atoms with Crippen molar-refractivity contribution in [3.05, 3.63) is 0 Å². The highest BCUT2D eigenvalue weighted by Gasteiger charge is 2.31. The van der Waals surface area contributed by atoms with Crippen LogP contribution in [-0.2, 0) is 9.53 Å². The summed E-state index contributed by atoms with van der Waals surface area (Å²) in [6.07, 6.45) is 7.07. The Bertz CT molecular complexity index is 283. The molecule has 1 heterocycles. The van der Waals surface area contributed by atoms with Crippen molar-refractivity contribution in [3.8, 4) is 0 Å². The molecule has 0 radical (unpaired) electrons. The van der Waals surface area contributed by atoms with Crippen LogP contribution in [0.15, 0.2) is 0 Å². The smallest absolute Gasteiger partial charge is 0.325 e. The molecule has 0 aromatic rings. The van der Waals surface area contributed by atoms with Crippen LogP contribution in [0.25, 0.3) is 0 Å². The number of hydrogen-bond acceptors (Lipinski definition) is 4. The second-order valence-corrected chi connectivity index (χ2v) is 5.91. The van der Waals surface area contributed by atoms with Crippen molar-refractivity contribution in [2.45, 2.75) is 64.0 Å².